The minimum atomic E-state index is -0.488. The molecule has 0 saturated heterocycles. The molecule has 0 bridgehead atoms. The average molecular weight is 328 g/mol. The second kappa shape index (κ2) is 8.05. The molecule has 7 nitrogen and oxygen atoms in total. The summed E-state index contributed by atoms with van der Waals surface area (Å²) in [5.74, 6) is -0.546. The van der Waals surface area contributed by atoms with Crippen molar-refractivity contribution in [1.29, 1.82) is 0 Å². The van der Waals surface area contributed by atoms with Gasteiger partial charge < -0.3 is 15.4 Å². The Morgan fingerprint density at radius 3 is 2.67 bits per heavy atom. The number of ether oxygens (including phenoxy) is 1. The van der Waals surface area contributed by atoms with E-state index >= 15 is 0 Å². The van der Waals surface area contributed by atoms with Gasteiger partial charge in [0, 0.05) is 12.2 Å². The standard InChI is InChI=1S/C17H20N4O3/c1-4-24-16(23)12-7-5-6-8-13(12)20-15(22)14-9-10-18-17(21-14)19-11(2)3/h5-11H,4H2,1-3H3,(H,20,22)(H,18,19,21). The molecule has 1 heterocycles. The minimum absolute atomic E-state index is 0.146. The summed E-state index contributed by atoms with van der Waals surface area (Å²) in [7, 11) is 0. The van der Waals surface area contributed by atoms with Crippen LogP contribution in [0.1, 0.15) is 41.6 Å². The van der Waals surface area contributed by atoms with Crippen LogP contribution >= 0.6 is 0 Å². The molecular formula is C17H20N4O3. The van der Waals surface area contributed by atoms with Crippen LogP contribution in [0, 0.1) is 0 Å². The van der Waals surface area contributed by atoms with Gasteiger partial charge in [0.2, 0.25) is 5.95 Å². The Hall–Kier alpha value is -2.96. The van der Waals surface area contributed by atoms with E-state index in [1.165, 1.54) is 12.3 Å². The number of nitrogens with one attached hydrogen (secondary N) is 2. The van der Waals surface area contributed by atoms with Crippen LogP contribution in [0.2, 0.25) is 0 Å². The lowest BCUT2D eigenvalue weighted by atomic mass is 10.1. The molecule has 2 aromatic rings. The summed E-state index contributed by atoms with van der Waals surface area (Å²) in [6.45, 7) is 5.89. The van der Waals surface area contributed by atoms with Crippen LogP contribution in [0.3, 0.4) is 0 Å². The Morgan fingerprint density at radius 1 is 1.21 bits per heavy atom. The topological polar surface area (TPSA) is 93.2 Å². The maximum Gasteiger partial charge on any atom is 0.340 e. The fraction of sp³-hybridized carbons (Fsp3) is 0.294. The van der Waals surface area contributed by atoms with Crippen molar-refractivity contribution in [2.24, 2.45) is 0 Å². The van der Waals surface area contributed by atoms with Crippen LogP contribution in [-0.2, 0) is 4.74 Å². The predicted molar refractivity (Wildman–Crippen MR) is 91.1 cm³/mol. The predicted octanol–water partition coefficient (Wildman–Crippen LogP) is 2.73. The van der Waals surface area contributed by atoms with Crippen molar-refractivity contribution in [3.63, 3.8) is 0 Å². The third-order valence-corrected chi connectivity index (χ3v) is 2.98. The van der Waals surface area contributed by atoms with Crippen molar-refractivity contribution < 1.29 is 14.3 Å². The normalized spacial score (nSPS) is 10.3. The van der Waals surface area contributed by atoms with Gasteiger partial charge in [0.15, 0.2) is 0 Å². The minimum Gasteiger partial charge on any atom is -0.462 e. The van der Waals surface area contributed by atoms with E-state index in [0.717, 1.165) is 0 Å². The highest BCUT2D eigenvalue weighted by atomic mass is 16.5. The molecule has 7 heteroatoms. The van der Waals surface area contributed by atoms with Crippen LogP contribution in [-0.4, -0.2) is 34.5 Å². The Bertz CT molecular complexity index is 731. The zero-order valence-corrected chi connectivity index (χ0v) is 13.9. The van der Waals surface area contributed by atoms with Crippen molar-refractivity contribution in [3.05, 3.63) is 47.8 Å². The fourth-order valence-corrected chi connectivity index (χ4v) is 1.98. The van der Waals surface area contributed by atoms with Gasteiger partial charge in [0.05, 0.1) is 17.9 Å². The number of anilines is 2. The van der Waals surface area contributed by atoms with Gasteiger partial charge in [-0.1, -0.05) is 12.1 Å². The Morgan fingerprint density at radius 2 is 1.96 bits per heavy atom. The van der Waals surface area contributed by atoms with E-state index < -0.39 is 11.9 Å². The summed E-state index contributed by atoms with van der Waals surface area (Å²) >= 11 is 0. The molecule has 24 heavy (non-hydrogen) atoms. The van der Waals surface area contributed by atoms with Crippen molar-refractivity contribution in [2.75, 3.05) is 17.2 Å². The molecule has 2 rings (SSSR count). The number of esters is 1. The monoisotopic (exact) mass is 328 g/mol. The fourth-order valence-electron chi connectivity index (χ4n) is 1.98. The van der Waals surface area contributed by atoms with E-state index in [-0.39, 0.29) is 18.3 Å². The quantitative estimate of drug-likeness (QED) is 0.792. The lowest BCUT2D eigenvalue weighted by molar-refractivity contribution is 0.0527. The first-order valence-electron chi connectivity index (χ1n) is 7.68. The lowest BCUT2D eigenvalue weighted by Crippen LogP contribution is -2.19. The van der Waals surface area contributed by atoms with Gasteiger partial charge in [-0.15, -0.1) is 0 Å². The molecule has 2 N–H and O–H groups in total. The largest absolute Gasteiger partial charge is 0.462 e. The molecule has 1 aromatic carbocycles. The van der Waals surface area contributed by atoms with Crippen LogP contribution in [0.4, 0.5) is 11.6 Å². The number of rotatable bonds is 6. The number of hydrogen-bond donors (Lipinski definition) is 2. The highest BCUT2D eigenvalue weighted by Crippen LogP contribution is 2.17. The van der Waals surface area contributed by atoms with E-state index in [9.17, 15) is 9.59 Å². The number of benzene rings is 1. The maximum absolute atomic E-state index is 12.4. The highest BCUT2D eigenvalue weighted by molar-refractivity contribution is 6.07. The van der Waals surface area contributed by atoms with E-state index in [0.29, 0.717) is 17.2 Å². The van der Waals surface area contributed by atoms with E-state index in [2.05, 4.69) is 20.6 Å². The van der Waals surface area contributed by atoms with E-state index in [1.54, 1.807) is 31.2 Å². The van der Waals surface area contributed by atoms with Gasteiger partial charge in [-0.2, -0.15) is 0 Å². The molecule has 0 unspecified atom stereocenters. The molecule has 1 aromatic heterocycles. The first kappa shape index (κ1) is 17.4. The molecule has 0 radical (unpaired) electrons. The Balaban J connectivity index is 2.20. The molecular weight excluding hydrogens is 308 g/mol. The molecule has 0 saturated carbocycles. The Labute approximate surface area is 140 Å². The van der Waals surface area contributed by atoms with E-state index in [1.807, 2.05) is 13.8 Å². The molecule has 126 valence electrons. The summed E-state index contributed by atoms with van der Waals surface area (Å²) in [5.41, 5.74) is 0.868. The molecule has 0 atom stereocenters. The summed E-state index contributed by atoms with van der Waals surface area (Å²) in [5, 5.41) is 5.72. The zero-order valence-electron chi connectivity index (χ0n) is 13.9. The van der Waals surface area contributed by atoms with Gasteiger partial charge in [-0.25, -0.2) is 14.8 Å². The van der Waals surface area contributed by atoms with Gasteiger partial charge in [-0.05, 0) is 39.0 Å². The van der Waals surface area contributed by atoms with Crippen LogP contribution < -0.4 is 10.6 Å². The highest BCUT2D eigenvalue weighted by Gasteiger charge is 2.16. The molecule has 0 aliphatic carbocycles. The lowest BCUT2D eigenvalue weighted by Gasteiger charge is -2.11. The second-order valence-electron chi connectivity index (χ2n) is 5.28. The smallest absolute Gasteiger partial charge is 0.340 e. The van der Waals surface area contributed by atoms with Gasteiger partial charge in [0.25, 0.3) is 5.91 Å². The number of carbonyl (C=O) groups is 2. The summed E-state index contributed by atoms with van der Waals surface area (Å²) in [4.78, 5) is 32.6. The number of hydrogen-bond acceptors (Lipinski definition) is 6. The zero-order chi connectivity index (χ0) is 17.5. The first-order valence-corrected chi connectivity index (χ1v) is 7.68. The van der Waals surface area contributed by atoms with Crippen molar-refractivity contribution >= 4 is 23.5 Å². The summed E-state index contributed by atoms with van der Waals surface area (Å²) < 4.78 is 4.99. The van der Waals surface area contributed by atoms with Crippen molar-refractivity contribution in [2.45, 2.75) is 26.8 Å². The third-order valence-electron chi connectivity index (χ3n) is 2.98. The van der Waals surface area contributed by atoms with Gasteiger partial charge >= 0.3 is 5.97 Å². The van der Waals surface area contributed by atoms with Crippen LogP contribution in [0.5, 0.6) is 0 Å². The third kappa shape index (κ3) is 4.52. The molecule has 1 amide bonds. The molecule has 0 aliphatic heterocycles. The number of aromatic nitrogens is 2. The number of amides is 1. The number of carbonyl (C=O) groups excluding carboxylic acids is 2. The molecule has 0 aliphatic rings. The molecule has 0 spiro atoms. The van der Waals surface area contributed by atoms with E-state index in [4.69, 9.17) is 4.74 Å². The van der Waals surface area contributed by atoms with Crippen molar-refractivity contribution in [3.8, 4) is 0 Å². The van der Waals surface area contributed by atoms with Gasteiger partial charge in [0.1, 0.15) is 5.69 Å². The van der Waals surface area contributed by atoms with Crippen molar-refractivity contribution in [1.82, 2.24) is 9.97 Å². The average Bonchev–Trinajstić information content (AvgIpc) is 2.55. The van der Waals surface area contributed by atoms with Crippen LogP contribution in [0.15, 0.2) is 36.5 Å². The number of nitrogens with zero attached hydrogens (tertiary/aromatic N) is 2. The number of para-hydroxylation sites is 1. The summed E-state index contributed by atoms with van der Waals surface area (Å²) in [6, 6.07) is 8.32. The van der Waals surface area contributed by atoms with Crippen LogP contribution in [0.25, 0.3) is 0 Å². The molecule has 0 fully saturated rings. The summed E-state index contributed by atoms with van der Waals surface area (Å²) in [6.07, 6.45) is 1.50. The Kier molecular flexibility index (Phi) is 5.83. The first-order chi connectivity index (χ1) is 11.5. The maximum atomic E-state index is 12.4. The van der Waals surface area contributed by atoms with Gasteiger partial charge in [-0.3, -0.25) is 4.79 Å². The second-order valence-corrected chi connectivity index (χ2v) is 5.28. The SMILES string of the molecule is CCOC(=O)c1ccccc1NC(=O)c1ccnc(NC(C)C)n1.